The summed E-state index contributed by atoms with van der Waals surface area (Å²) in [6.45, 7) is -0.147. The molecule has 1 unspecified atom stereocenters. The number of aliphatic carboxylic acids is 1. The highest BCUT2D eigenvalue weighted by atomic mass is 32.2. The lowest BCUT2D eigenvalue weighted by Gasteiger charge is -2.52. The van der Waals surface area contributed by atoms with Crippen molar-refractivity contribution in [2.45, 2.75) is 23.1 Å². The zero-order valence-corrected chi connectivity index (χ0v) is 17.4. The van der Waals surface area contributed by atoms with E-state index in [0.717, 1.165) is 4.90 Å². The molecule has 164 valence electrons. The van der Waals surface area contributed by atoms with E-state index in [2.05, 4.69) is 10.3 Å². The number of aromatic nitrogens is 1. The third-order valence-corrected chi connectivity index (χ3v) is 6.73. The molecule has 5 rings (SSSR count). The monoisotopic (exact) mass is 454 g/mol. The molecule has 1 aromatic carbocycles. The number of nitrogens with one attached hydrogen (secondary N) is 1. The predicted octanol–water partition coefficient (Wildman–Crippen LogP) is 1.70. The highest BCUT2D eigenvalue weighted by Crippen LogP contribution is 2.46. The zero-order chi connectivity index (χ0) is 22.4. The minimum Gasteiger partial charge on any atom is -0.508 e. The molecular formula is C21H18N4O6S. The third kappa shape index (κ3) is 3.26. The summed E-state index contributed by atoms with van der Waals surface area (Å²) in [6, 6.07) is 7.66. The number of pyridine rings is 1. The molecule has 1 aromatic heterocycles. The lowest BCUT2D eigenvalue weighted by molar-refractivity contribution is -0.179. The first-order chi connectivity index (χ1) is 15.5. The Morgan fingerprint density at radius 1 is 1.19 bits per heavy atom. The van der Waals surface area contributed by atoms with Gasteiger partial charge in [0.15, 0.2) is 0 Å². The maximum atomic E-state index is 12.9. The van der Waals surface area contributed by atoms with Crippen LogP contribution in [-0.2, 0) is 14.3 Å². The van der Waals surface area contributed by atoms with Crippen molar-refractivity contribution in [3.8, 4) is 5.75 Å². The highest BCUT2D eigenvalue weighted by molar-refractivity contribution is 7.99. The van der Waals surface area contributed by atoms with Gasteiger partial charge in [-0.25, -0.2) is 9.59 Å². The van der Waals surface area contributed by atoms with E-state index in [9.17, 15) is 24.6 Å². The number of rotatable bonds is 5. The van der Waals surface area contributed by atoms with Crippen molar-refractivity contribution in [3.63, 3.8) is 0 Å². The highest BCUT2D eigenvalue weighted by Gasteiger charge is 2.65. The summed E-state index contributed by atoms with van der Waals surface area (Å²) in [5.41, 5.74) is 0.908. The minimum atomic E-state index is -1.19. The molecule has 32 heavy (non-hydrogen) atoms. The molecule has 11 heteroatoms. The van der Waals surface area contributed by atoms with Gasteiger partial charge in [0.1, 0.15) is 30.3 Å². The Balaban J connectivity index is 1.35. The van der Waals surface area contributed by atoms with Gasteiger partial charge in [0.25, 0.3) is 5.91 Å². The number of carbonyl (C=O) groups excluding carboxylic acids is 2. The zero-order valence-electron chi connectivity index (χ0n) is 16.5. The van der Waals surface area contributed by atoms with Crippen molar-refractivity contribution in [2.75, 3.05) is 17.8 Å². The minimum absolute atomic E-state index is 0.0624. The number of hydrogen-bond acceptors (Lipinski definition) is 7. The average Bonchev–Trinajstić information content (AvgIpc) is 3.12. The van der Waals surface area contributed by atoms with Crippen molar-refractivity contribution in [1.82, 2.24) is 14.8 Å². The number of β-lactam (4-membered cyclic amide) rings is 1. The van der Waals surface area contributed by atoms with Gasteiger partial charge < -0.3 is 20.3 Å². The van der Waals surface area contributed by atoms with E-state index in [1.54, 1.807) is 12.4 Å². The number of phenolic OH excluding ortho intramolecular Hbond substituents is 1. The number of nitrogens with zero attached hydrogens (tertiary/aromatic N) is 3. The molecule has 0 aliphatic carbocycles. The summed E-state index contributed by atoms with van der Waals surface area (Å²) in [7, 11) is 0. The third-order valence-electron chi connectivity index (χ3n) is 5.67. The fourth-order valence-corrected chi connectivity index (χ4v) is 5.16. The number of urea groups is 1. The number of amides is 3. The number of benzene rings is 1. The van der Waals surface area contributed by atoms with Gasteiger partial charge in [0, 0.05) is 34.3 Å². The summed E-state index contributed by atoms with van der Waals surface area (Å²) in [5, 5.41) is 21.9. The molecule has 4 heterocycles. The number of carboxylic acid groups (broad SMARTS) is 1. The van der Waals surface area contributed by atoms with Crippen LogP contribution < -0.4 is 5.32 Å². The lowest BCUT2D eigenvalue weighted by atomic mass is 9.89. The van der Waals surface area contributed by atoms with Crippen LogP contribution in [0.4, 0.5) is 10.5 Å². The van der Waals surface area contributed by atoms with Crippen LogP contribution in [0.25, 0.3) is 0 Å². The van der Waals surface area contributed by atoms with Crippen LogP contribution in [-0.4, -0.2) is 73.6 Å². The Kier molecular flexibility index (Phi) is 4.98. The van der Waals surface area contributed by atoms with Crippen LogP contribution in [0.15, 0.2) is 65.0 Å². The molecular weight excluding hydrogens is 436 g/mol. The summed E-state index contributed by atoms with van der Waals surface area (Å²) in [4.78, 5) is 45.1. The van der Waals surface area contributed by atoms with Gasteiger partial charge in [0.05, 0.1) is 6.04 Å². The van der Waals surface area contributed by atoms with Crippen LogP contribution in [0.1, 0.15) is 0 Å². The molecule has 3 atom stereocenters. The second kappa shape index (κ2) is 7.84. The largest absolute Gasteiger partial charge is 0.508 e. The average molecular weight is 454 g/mol. The molecule has 3 N–H and O–H groups in total. The maximum absolute atomic E-state index is 12.9. The fourth-order valence-electron chi connectivity index (χ4n) is 4.22. The lowest BCUT2D eigenvalue weighted by Crippen LogP contribution is -2.75. The van der Waals surface area contributed by atoms with Gasteiger partial charge in [-0.1, -0.05) is 0 Å². The number of carbonyl (C=O) groups is 3. The maximum Gasteiger partial charge on any atom is 0.352 e. The van der Waals surface area contributed by atoms with Crippen LogP contribution in [0, 0.1) is 0 Å². The topological polar surface area (TPSA) is 132 Å². The van der Waals surface area contributed by atoms with Gasteiger partial charge in [-0.05, 0) is 36.4 Å². The normalized spacial score (nSPS) is 23.6. The van der Waals surface area contributed by atoms with Crippen LogP contribution in [0.5, 0.6) is 5.75 Å². The van der Waals surface area contributed by atoms with E-state index < -0.39 is 36.1 Å². The van der Waals surface area contributed by atoms with Crippen LogP contribution >= 0.6 is 11.8 Å². The molecule has 3 aliphatic rings. The molecule has 2 fully saturated rings. The standard InChI is InChI=1S/C21H18N4O6S/c26-12-3-1-11(2-4-12)23-21(30)24-10-31-18-14(9-32-13-5-7-22-8-6-13)15(20(28)29)25-16(18)17(24)19(25)27/h1-8,16-18,26H,9-10H2,(H,23,30)(H,28,29)/t16-,17-,18?/m0/s1. The number of phenols is 1. The molecule has 0 bridgehead atoms. The molecule has 0 radical (unpaired) electrons. The van der Waals surface area contributed by atoms with Crippen LogP contribution in [0.2, 0.25) is 0 Å². The predicted molar refractivity (Wildman–Crippen MR) is 113 cm³/mol. The SMILES string of the molecule is O=C(O)C1=C(CSc2ccncc2)C2OCN(C(=O)Nc3ccc(O)cc3)[C@@H]3C(=O)N1[C@H]23. The van der Waals surface area contributed by atoms with E-state index in [4.69, 9.17) is 4.74 Å². The van der Waals surface area contributed by atoms with Gasteiger partial charge >= 0.3 is 12.0 Å². The molecule has 3 amide bonds. The van der Waals surface area contributed by atoms with E-state index in [1.165, 1.54) is 45.8 Å². The van der Waals surface area contributed by atoms with Gasteiger partial charge in [-0.2, -0.15) is 0 Å². The Bertz CT molecular complexity index is 1120. The van der Waals surface area contributed by atoms with Crippen molar-refractivity contribution >= 4 is 35.4 Å². The first-order valence-electron chi connectivity index (χ1n) is 9.76. The Labute approximate surface area is 186 Å². The second-order valence-corrected chi connectivity index (χ2v) is 8.51. The van der Waals surface area contributed by atoms with E-state index >= 15 is 0 Å². The van der Waals surface area contributed by atoms with Gasteiger partial charge in [-0.3, -0.25) is 19.6 Å². The Morgan fingerprint density at radius 2 is 1.91 bits per heavy atom. The summed E-state index contributed by atoms with van der Waals surface area (Å²) in [6.07, 6.45) is 2.71. The first kappa shape index (κ1) is 20.3. The molecule has 0 saturated carbocycles. The van der Waals surface area contributed by atoms with E-state index in [-0.39, 0.29) is 18.2 Å². The van der Waals surface area contributed by atoms with Crippen molar-refractivity contribution in [2.24, 2.45) is 0 Å². The second-order valence-electron chi connectivity index (χ2n) is 7.46. The number of thioether (sulfide) groups is 1. The van der Waals surface area contributed by atoms with Crippen molar-refractivity contribution in [3.05, 3.63) is 60.1 Å². The van der Waals surface area contributed by atoms with Crippen molar-refractivity contribution < 1.29 is 29.3 Å². The van der Waals surface area contributed by atoms with Gasteiger partial charge in [-0.15, -0.1) is 11.8 Å². The number of hydrogen-bond donors (Lipinski definition) is 3. The van der Waals surface area contributed by atoms with Gasteiger partial charge in [0.2, 0.25) is 0 Å². The molecule has 2 aromatic rings. The number of carboxylic acids is 1. The Hall–Kier alpha value is -3.57. The molecule has 10 nitrogen and oxygen atoms in total. The summed E-state index contributed by atoms with van der Waals surface area (Å²) < 4.78 is 5.91. The molecule has 2 saturated heterocycles. The van der Waals surface area contributed by atoms with E-state index in [1.807, 2.05) is 12.1 Å². The van der Waals surface area contributed by atoms with Crippen LogP contribution in [0.3, 0.4) is 0 Å². The number of ether oxygens (including phenoxy) is 1. The quantitative estimate of drug-likeness (QED) is 0.353. The van der Waals surface area contributed by atoms with Crippen molar-refractivity contribution in [1.29, 1.82) is 0 Å². The number of aromatic hydroxyl groups is 1. The number of anilines is 1. The fraction of sp³-hybridized carbons (Fsp3) is 0.238. The first-order valence-corrected chi connectivity index (χ1v) is 10.7. The smallest absolute Gasteiger partial charge is 0.352 e. The summed E-state index contributed by atoms with van der Waals surface area (Å²) in [5.74, 6) is -1.23. The molecule has 3 aliphatic heterocycles. The Morgan fingerprint density at radius 3 is 2.59 bits per heavy atom. The molecule has 0 spiro atoms. The van der Waals surface area contributed by atoms with E-state index in [0.29, 0.717) is 17.0 Å². The summed E-state index contributed by atoms with van der Waals surface area (Å²) >= 11 is 1.43.